The quantitative estimate of drug-likeness (QED) is 0.840. The summed E-state index contributed by atoms with van der Waals surface area (Å²) in [6.45, 7) is 1.14. The molecule has 1 aromatic rings. The van der Waals surface area contributed by atoms with Crippen molar-refractivity contribution in [3.05, 3.63) is 23.6 Å². The van der Waals surface area contributed by atoms with Crippen LogP contribution < -0.4 is 4.74 Å². The Hall–Kier alpha value is -1.86. The number of hydrogen-bond donors (Lipinski definition) is 1. The number of nitrogens with zero attached hydrogens (tertiary/aromatic N) is 1. The van der Waals surface area contributed by atoms with Crippen molar-refractivity contribution in [2.75, 3.05) is 0 Å². The second-order valence-electron chi connectivity index (χ2n) is 3.15. The second-order valence-corrected chi connectivity index (χ2v) is 3.15. The van der Waals surface area contributed by atoms with Gasteiger partial charge in [0.05, 0.1) is 12.1 Å². The number of carbonyl (C=O) groups is 1. The van der Waals surface area contributed by atoms with Gasteiger partial charge >= 0.3 is 12.3 Å². The van der Waals surface area contributed by atoms with Gasteiger partial charge in [-0.05, 0) is 6.92 Å². The lowest BCUT2D eigenvalue weighted by Gasteiger charge is -2.11. The van der Waals surface area contributed by atoms with E-state index in [2.05, 4.69) is 9.72 Å². The molecule has 0 aliphatic heterocycles. The van der Waals surface area contributed by atoms with Crippen molar-refractivity contribution in [1.82, 2.24) is 4.98 Å². The zero-order chi connectivity index (χ0) is 13.2. The maximum atomic E-state index is 13.2. The Morgan fingerprint density at radius 2 is 2.12 bits per heavy atom. The lowest BCUT2D eigenvalue weighted by Crippen LogP contribution is -2.18. The number of pyridine rings is 1. The highest BCUT2D eigenvalue weighted by Crippen LogP contribution is 2.26. The van der Waals surface area contributed by atoms with E-state index >= 15 is 0 Å². The summed E-state index contributed by atoms with van der Waals surface area (Å²) >= 11 is 0. The smallest absolute Gasteiger partial charge is 0.481 e. The molecule has 8 heteroatoms. The lowest BCUT2D eigenvalue weighted by molar-refractivity contribution is -0.276. The third kappa shape index (κ3) is 3.58. The van der Waals surface area contributed by atoms with E-state index in [0.717, 1.165) is 6.92 Å². The second kappa shape index (κ2) is 4.56. The maximum Gasteiger partial charge on any atom is 0.574 e. The first kappa shape index (κ1) is 13.2. The van der Waals surface area contributed by atoms with E-state index < -0.39 is 35.5 Å². The van der Waals surface area contributed by atoms with Gasteiger partial charge in [-0.1, -0.05) is 0 Å². The Morgan fingerprint density at radius 3 is 2.59 bits per heavy atom. The highest BCUT2D eigenvalue weighted by molar-refractivity contribution is 5.75. The van der Waals surface area contributed by atoms with Crippen molar-refractivity contribution in [3.8, 4) is 5.88 Å². The topological polar surface area (TPSA) is 59.4 Å². The van der Waals surface area contributed by atoms with Gasteiger partial charge in [-0.3, -0.25) is 4.79 Å². The standard InChI is InChI=1S/C9H7F4NO3/c1-4(8(15)16)5-2-7(14-3-6(5)10)17-9(11,12)13/h2-4H,1H3,(H,15,16). The molecule has 0 spiro atoms. The van der Waals surface area contributed by atoms with Crippen molar-refractivity contribution in [1.29, 1.82) is 0 Å². The van der Waals surface area contributed by atoms with Crippen LogP contribution in [0.2, 0.25) is 0 Å². The average Bonchev–Trinajstić information content (AvgIpc) is 2.17. The third-order valence-corrected chi connectivity index (χ3v) is 1.92. The van der Waals surface area contributed by atoms with E-state index in [1.54, 1.807) is 0 Å². The van der Waals surface area contributed by atoms with E-state index in [9.17, 15) is 22.4 Å². The zero-order valence-corrected chi connectivity index (χ0v) is 8.45. The van der Waals surface area contributed by atoms with Crippen LogP contribution >= 0.6 is 0 Å². The molecule has 94 valence electrons. The summed E-state index contributed by atoms with van der Waals surface area (Å²) < 4.78 is 52.2. The van der Waals surface area contributed by atoms with Gasteiger partial charge in [0.15, 0.2) is 0 Å². The van der Waals surface area contributed by atoms with Crippen LogP contribution in [0.5, 0.6) is 5.88 Å². The van der Waals surface area contributed by atoms with E-state index in [-0.39, 0.29) is 0 Å². The van der Waals surface area contributed by atoms with E-state index in [1.807, 2.05) is 0 Å². The molecule has 0 aliphatic rings. The molecule has 0 aliphatic carbocycles. The predicted molar refractivity (Wildman–Crippen MR) is 46.9 cm³/mol. The van der Waals surface area contributed by atoms with E-state index in [1.165, 1.54) is 0 Å². The number of ether oxygens (including phenoxy) is 1. The van der Waals surface area contributed by atoms with Crippen molar-refractivity contribution in [3.63, 3.8) is 0 Å². The highest BCUT2D eigenvalue weighted by Gasteiger charge is 2.32. The number of rotatable bonds is 3. The van der Waals surface area contributed by atoms with Crippen LogP contribution in [0.25, 0.3) is 0 Å². The fourth-order valence-electron chi connectivity index (χ4n) is 1.07. The van der Waals surface area contributed by atoms with Gasteiger partial charge in [0.1, 0.15) is 5.82 Å². The number of aromatic nitrogens is 1. The Bertz CT molecular complexity index is 433. The first-order valence-corrected chi connectivity index (χ1v) is 4.34. The number of alkyl halides is 3. The SMILES string of the molecule is CC(C(=O)O)c1cc(OC(F)(F)F)ncc1F. The van der Waals surface area contributed by atoms with Crippen LogP contribution in [-0.4, -0.2) is 22.4 Å². The normalized spacial score (nSPS) is 13.2. The Morgan fingerprint density at radius 1 is 1.53 bits per heavy atom. The molecule has 1 aromatic heterocycles. The van der Waals surface area contributed by atoms with Gasteiger partial charge in [0.2, 0.25) is 5.88 Å². The Balaban J connectivity index is 3.06. The molecule has 0 aromatic carbocycles. The largest absolute Gasteiger partial charge is 0.574 e. The average molecular weight is 253 g/mol. The van der Waals surface area contributed by atoms with Crippen LogP contribution in [-0.2, 0) is 4.79 Å². The first-order valence-electron chi connectivity index (χ1n) is 4.34. The zero-order valence-electron chi connectivity index (χ0n) is 8.45. The van der Waals surface area contributed by atoms with Gasteiger partial charge in [0.25, 0.3) is 0 Å². The molecule has 0 radical (unpaired) electrons. The highest BCUT2D eigenvalue weighted by atomic mass is 19.4. The van der Waals surface area contributed by atoms with Crippen molar-refractivity contribution in [2.24, 2.45) is 0 Å². The van der Waals surface area contributed by atoms with Gasteiger partial charge < -0.3 is 9.84 Å². The molecule has 1 heterocycles. The predicted octanol–water partition coefficient (Wildman–Crippen LogP) is 2.31. The van der Waals surface area contributed by atoms with Crippen molar-refractivity contribution < 1.29 is 32.2 Å². The Labute approximate surface area is 92.8 Å². The van der Waals surface area contributed by atoms with Gasteiger partial charge in [-0.15, -0.1) is 13.2 Å². The summed E-state index contributed by atoms with van der Waals surface area (Å²) in [6.07, 6.45) is -4.48. The van der Waals surface area contributed by atoms with E-state index in [0.29, 0.717) is 12.3 Å². The molecular formula is C9H7F4NO3. The molecular weight excluding hydrogens is 246 g/mol. The lowest BCUT2D eigenvalue weighted by atomic mass is 10.0. The molecule has 0 saturated heterocycles. The molecule has 0 saturated carbocycles. The minimum atomic E-state index is -4.96. The summed E-state index contributed by atoms with van der Waals surface area (Å²) in [4.78, 5) is 13.7. The molecule has 0 amide bonds. The summed E-state index contributed by atoms with van der Waals surface area (Å²) in [5.41, 5.74) is -0.424. The van der Waals surface area contributed by atoms with Crippen LogP contribution in [0, 0.1) is 5.82 Å². The Kier molecular flexibility index (Phi) is 3.54. The van der Waals surface area contributed by atoms with Crippen LogP contribution in [0.1, 0.15) is 18.4 Å². The minimum absolute atomic E-state index is 0.424. The fraction of sp³-hybridized carbons (Fsp3) is 0.333. The number of carboxylic acids is 1. The van der Waals surface area contributed by atoms with Crippen LogP contribution in [0.3, 0.4) is 0 Å². The maximum absolute atomic E-state index is 13.2. The monoisotopic (exact) mass is 253 g/mol. The number of aliphatic carboxylic acids is 1. The summed E-state index contributed by atoms with van der Waals surface area (Å²) in [6, 6.07) is 0.613. The summed E-state index contributed by atoms with van der Waals surface area (Å²) in [5, 5.41) is 8.63. The number of carboxylic acid groups (broad SMARTS) is 1. The van der Waals surface area contributed by atoms with E-state index in [4.69, 9.17) is 5.11 Å². The van der Waals surface area contributed by atoms with Crippen LogP contribution in [0.4, 0.5) is 17.6 Å². The van der Waals surface area contributed by atoms with Gasteiger partial charge in [0, 0.05) is 11.6 Å². The molecule has 1 rings (SSSR count). The van der Waals surface area contributed by atoms with Crippen molar-refractivity contribution in [2.45, 2.75) is 19.2 Å². The van der Waals surface area contributed by atoms with Gasteiger partial charge in [-0.25, -0.2) is 9.37 Å². The molecule has 1 atom stereocenters. The number of halogens is 4. The number of hydrogen-bond acceptors (Lipinski definition) is 3. The van der Waals surface area contributed by atoms with Gasteiger partial charge in [-0.2, -0.15) is 0 Å². The molecule has 4 nitrogen and oxygen atoms in total. The minimum Gasteiger partial charge on any atom is -0.481 e. The molecule has 1 N–H and O–H groups in total. The third-order valence-electron chi connectivity index (χ3n) is 1.92. The summed E-state index contributed by atoms with van der Waals surface area (Å²) in [7, 11) is 0. The molecule has 17 heavy (non-hydrogen) atoms. The summed E-state index contributed by atoms with van der Waals surface area (Å²) in [5.74, 6) is -4.57. The molecule has 0 fully saturated rings. The van der Waals surface area contributed by atoms with Crippen LogP contribution in [0.15, 0.2) is 12.3 Å². The fourth-order valence-corrected chi connectivity index (χ4v) is 1.07. The first-order chi connectivity index (χ1) is 7.70. The van der Waals surface area contributed by atoms with Crippen molar-refractivity contribution >= 4 is 5.97 Å². The molecule has 0 bridgehead atoms. The molecule has 1 unspecified atom stereocenters.